The normalized spacial score (nSPS) is 22.7. The lowest BCUT2D eigenvalue weighted by molar-refractivity contribution is -0.339. The number of H-pyrrole nitrogens is 1. The molecule has 1 aliphatic rings. The third-order valence-corrected chi connectivity index (χ3v) is 9.13. The van der Waals surface area contributed by atoms with Crippen LogP contribution in [0.25, 0.3) is 0 Å². The molecule has 1 aromatic heterocycles. The van der Waals surface area contributed by atoms with E-state index in [1.807, 2.05) is 0 Å². The molecule has 1 fully saturated rings. The van der Waals surface area contributed by atoms with Crippen LogP contribution in [0.15, 0.2) is 27.9 Å². The molecular weight excluding hydrogens is 601 g/mol. The Morgan fingerprint density at radius 1 is 1.20 bits per heavy atom. The minimum Gasteiger partial charge on any atom is -0.790 e. The van der Waals surface area contributed by atoms with Crippen LogP contribution in [0.1, 0.15) is 43.9 Å². The molecule has 228 valence electrons. The molecule has 2 rings (SSSR count). The van der Waals surface area contributed by atoms with Crippen LogP contribution in [0.5, 0.6) is 0 Å². The second-order valence-corrected chi connectivity index (χ2v) is 12.9. The number of nitrogens with one attached hydrogen (secondary N) is 2. The van der Waals surface area contributed by atoms with Gasteiger partial charge in [0.1, 0.15) is 6.23 Å². The number of ether oxygens (including phenoxy) is 1. The highest BCUT2D eigenvalue weighted by Crippen LogP contribution is 2.60. The van der Waals surface area contributed by atoms with E-state index >= 15 is 0 Å². The van der Waals surface area contributed by atoms with Gasteiger partial charge in [-0.1, -0.05) is 12.2 Å². The number of phosphoric ester groups is 1. The average molecular weight is 630 g/mol. The number of amides is 1. The molecule has 0 aliphatic carbocycles. The predicted molar refractivity (Wildman–Crippen MR) is 129 cm³/mol. The van der Waals surface area contributed by atoms with Crippen LogP contribution in [-0.4, -0.2) is 41.3 Å². The largest absolute Gasteiger partial charge is 0.790 e. The third kappa shape index (κ3) is 12.0. The Kier molecular flexibility index (Phi) is 12.8. The number of phosphoric acid groups is 3. The molecule has 21 heteroatoms. The number of aromatic nitrogens is 2. The van der Waals surface area contributed by atoms with Gasteiger partial charge in [-0.05, 0) is 38.5 Å². The number of aryl methyl sites for hydroxylation is 1. The maximum Gasteiger partial charge on any atom is 0.330 e. The number of carbonyl (C=O) groups excluding carboxylic acids is 1. The molecule has 0 radical (unpaired) electrons. The lowest BCUT2D eigenvalue weighted by Crippen LogP contribution is -2.33. The Morgan fingerprint density at radius 3 is 2.55 bits per heavy atom. The number of rotatable bonds is 16. The summed E-state index contributed by atoms with van der Waals surface area (Å²) in [7, 11) is -18.0. The van der Waals surface area contributed by atoms with Crippen molar-refractivity contribution in [2.45, 2.75) is 51.4 Å². The molecule has 0 aromatic carbocycles. The van der Waals surface area contributed by atoms with E-state index in [9.17, 15) is 47.7 Å². The van der Waals surface area contributed by atoms with Gasteiger partial charge < -0.3 is 44.4 Å². The van der Waals surface area contributed by atoms with E-state index in [0.717, 1.165) is 4.57 Å². The van der Waals surface area contributed by atoms with E-state index in [1.165, 1.54) is 13.1 Å². The van der Waals surface area contributed by atoms with Crippen molar-refractivity contribution in [1.29, 1.82) is 0 Å². The van der Waals surface area contributed by atoms with Gasteiger partial charge in [0.2, 0.25) is 5.91 Å². The topological polar surface area (TPSA) is 290 Å². The van der Waals surface area contributed by atoms with Crippen LogP contribution in [-0.2, 0) is 36.4 Å². The molecule has 5 atom stereocenters. The molecule has 0 saturated carbocycles. The Balaban J connectivity index is 2.08. The summed E-state index contributed by atoms with van der Waals surface area (Å²) in [6.07, 6.45) is 4.56. The summed E-state index contributed by atoms with van der Waals surface area (Å²) in [4.78, 5) is 82.1. The fourth-order valence-electron chi connectivity index (χ4n) is 3.70. The van der Waals surface area contributed by atoms with Crippen molar-refractivity contribution in [2.24, 2.45) is 11.7 Å². The van der Waals surface area contributed by atoms with Gasteiger partial charge in [-0.25, -0.2) is 9.11 Å². The molecule has 2 heterocycles. The number of allylic oxidation sites excluding steroid dienone is 2. The number of aromatic amines is 1. The highest BCUT2D eigenvalue weighted by molar-refractivity contribution is 7.64. The third-order valence-electron chi connectivity index (χ3n) is 5.46. The maximum atomic E-state index is 12.3. The van der Waals surface area contributed by atoms with Gasteiger partial charge in [0.25, 0.3) is 21.2 Å². The van der Waals surface area contributed by atoms with Gasteiger partial charge in [-0.3, -0.25) is 32.6 Å². The van der Waals surface area contributed by atoms with Gasteiger partial charge in [-0.2, -0.15) is 0 Å². The van der Waals surface area contributed by atoms with Gasteiger partial charge in [0, 0.05) is 31.3 Å². The molecule has 0 spiro atoms. The van der Waals surface area contributed by atoms with E-state index in [0.29, 0.717) is 25.9 Å². The van der Waals surface area contributed by atoms with E-state index in [2.05, 4.69) is 23.4 Å². The zero-order valence-electron chi connectivity index (χ0n) is 21.2. The second-order valence-electron chi connectivity index (χ2n) is 8.64. The molecule has 40 heavy (non-hydrogen) atoms. The van der Waals surface area contributed by atoms with Crippen molar-refractivity contribution in [2.75, 3.05) is 19.7 Å². The zero-order chi connectivity index (χ0) is 30.1. The first-order valence-electron chi connectivity index (χ1n) is 11.8. The summed E-state index contributed by atoms with van der Waals surface area (Å²) >= 11 is 0. The summed E-state index contributed by atoms with van der Waals surface area (Å²) in [5, 5.41) is 2.64. The Bertz CT molecular complexity index is 1310. The standard InChI is InChI=1S/C19H33N4O14P3/c1-13-11-23(19(26)22-18(13)25)17-10-14(6-4-2-3-5-7-16(24)21-9-8-20)15(35-17)12-34-39(30,31)37-40(32,33)36-38(27,28)29/h2,4,11,14-15,17H,3,5-10,12,20H2,1H3,(H,21,24)(H,30,31)(H,32,33)(H,22,25,26)(H2,27,28,29)/p-4/b4-2-/t14-,15+,17+/m0/s1. The van der Waals surface area contributed by atoms with Gasteiger partial charge in [-0.15, -0.1) is 0 Å². The molecule has 18 nitrogen and oxygen atoms in total. The monoisotopic (exact) mass is 630 g/mol. The highest BCUT2D eigenvalue weighted by Gasteiger charge is 2.37. The summed E-state index contributed by atoms with van der Waals surface area (Å²) < 4.78 is 52.0. The maximum absolute atomic E-state index is 12.3. The number of nitrogens with zero attached hydrogens (tertiary/aromatic N) is 1. The first kappa shape index (κ1) is 34.4. The number of hydrogen-bond donors (Lipinski definition) is 3. The zero-order valence-corrected chi connectivity index (χ0v) is 23.9. The van der Waals surface area contributed by atoms with Gasteiger partial charge in [0.05, 0.1) is 20.5 Å². The summed E-state index contributed by atoms with van der Waals surface area (Å²) in [5.74, 6) is -0.637. The molecule has 2 unspecified atom stereocenters. The van der Waals surface area contributed by atoms with E-state index in [4.69, 9.17) is 10.5 Å². The quantitative estimate of drug-likeness (QED) is 0.0988. The van der Waals surface area contributed by atoms with Gasteiger partial charge >= 0.3 is 5.69 Å². The Labute approximate surface area is 228 Å². The Hall–Kier alpha value is -1.78. The highest BCUT2D eigenvalue weighted by atomic mass is 31.3. The number of nitrogens with two attached hydrogens (primary N) is 1. The summed E-state index contributed by atoms with van der Waals surface area (Å²) in [5.41, 5.74) is 4.13. The molecular formula is C19H29N4O14P3-4. The fraction of sp³-hybridized carbons (Fsp3) is 0.632. The van der Waals surface area contributed by atoms with Crippen LogP contribution in [0, 0.1) is 12.8 Å². The van der Waals surface area contributed by atoms with Crippen molar-refractivity contribution in [1.82, 2.24) is 14.9 Å². The van der Waals surface area contributed by atoms with Crippen molar-refractivity contribution < 1.29 is 55.9 Å². The van der Waals surface area contributed by atoms with Crippen LogP contribution in [0.4, 0.5) is 0 Å². The molecule has 1 saturated heterocycles. The minimum absolute atomic E-state index is 0.143. The minimum atomic E-state index is -6.14. The lowest BCUT2D eigenvalue weighted by Gasteiger charge is -2.37. The number of hydrogen-bond acceptors (Lipinski definition) is 15. The SMILES string of the molecule is Cc1cn([C@H]2C[C@H](C/C=C\CCCC(=O)NCCN)[C@@H](COP(=O)([O-])OP(=O)([O-])OP(=O)([O-])[O-])O2)c(=O)[nH]c1=O. The summed E-state index contributed by atoms with van der Waals surface area (Å²) in [6, 6.07) is 0. The van der Waals surface area contributed by atoms with Gasteiger partial charge in [0.15, 0.2) is 0 Å². The molecule has 1 aliphatic heterocycles. The molecule has 1 aromatic rings. The van der Waals surface area contributed by atoms with Crippen LogP contribution in [0.3, 0.4) is 0 Å². The first-order chi connectivity index (χ1) is 18.5. The van der Waals surface area contributed by atoms with E-state index in [1.54, 1.807) is 12.2 Å². The average Bonchev–Trinajstić information content (AvgIpc) is 3.21. The number of unbranched alkanes of at least 4 members (excludes halogenated alkanes) is 1. The number of carbonyl (C=O) groups is 1. The Morgan fingerprint density at radius 2 is 1.90 bits per heavy atom. The molecule has 0 bridgehead atoms. The molecule has 1 amide bonds. The van der Waals surface area contributed by atoms with Crippen molar-refractivity contribution >= 4 is 29.4 Å². The smallest absolute Gasteiger partial charge is 0.330 e. The fourth-order valence-corrected chi connectivity index (χ4v) is 6.56. The van der Waals surface area contributed by atoms with Crippen LogP contribution < -0.4 is 41.9 Å². The predicted octanol–water partition coefficient (Wildman–Crippen LogP) is -2.24. The van der Waals surface area contributed by atoms with Crippen molar-refractivity contribution in [3.8, 4) is 0 Å². The van der Waals surface area contributed by atoms with Crippen LogP contribution >= 0.6 is 23.5 Å². The molecule has 4 N–H and O–H groups in total. The van der Waals surface area contributed by atoms with Crippen LogP contribution in [0.2, 0.25) is 0 Å². The van der Waals surface area contributed by atoms with Crippen molar-refractivity contribution in [3.05, 3.63) is 44.8 Å². The van der Waals surface area contributed by atoms with E-state index in [-0.39, 0.29) is 30.7 Å². The van der Waals surface area contributed by atoms with E-state index < -0.39 is 59.6 Å². The second kappa shape index (κ2) is 14.9. The summed E-state index contributed by atoms with van der Waals surface area (Å²) in [6.45, 7) is 1.34. The van der Waals surface area contributed by atoms with Crippen molar-refractivity contribution in [3.63, 3.8) is 0 Å². The first-order valence-corrected chi connectivity index (χ1v) is 16.2. The lowest BCUT2D eigenvalue weighted by atomic mass is 9.96.